The molecular weight excluding hydrogens is 307 g/mol. The first-order valence-electron chi connectivity index (χ1n) is 8.31. The molecule has 1 amide bonds. The first-order valence-corrected chi connectivity index (χ1v) is 8.31. The van der Waals surface area contributed by atoms with Gasteiger partial charge in [0.25, 0.3) is 5.91 Å². The van der Waals surface area contributed by atoms with Crippen molar-refractivity contribution in [3.8, 4) is 0 Å². The number of hydrogen-bond donors (Lipinski definition) is 1. The zero-order chi connectivity index (χ0) is 16.5. The number of amides is 1. The van der Waals surface area contributed by atoms with E-state index in [0.717, 1.165) is 43.0 Å². The van der Waals surface area contributed by atoms with Crippen molar-refractivity contribution >= 4 is 5.91 Å². The second-order valence-corrected chi connectivity index (χ2v) is 6.37. The molecule has 1 N–H and O–H groups in total. The number of carbonyl (C=O) groups excluding carboxylic acids is 1. The van der Waals surface area contributed by atoms with Gasteiger partial charge >= 0.3 is 0 Å². The first-order chi connectivity index (χ1) is 11.7. The van der Waals surface area contributed by atoms with Crippen LogP contribution in [-0.4, -0.2) is 40.4 Å². The number of likely N-dealkylation sites (tertiary alicyclic amines) is 1. The lowest BCUT2D eigenvalue weighted by atomic mass is 10.1. The predicted octanol–water partition coefficient (Wildman–Crippen LogP) is 1.89. The number of nitrogens with one attached hydrogen (secondary N) is 1. The topological polar surface area (TPSA) is 58.1 Å². The molecule has 24 heavy (non-hydrogen) atoms. The maximum Gasteiger partial charge on any atom is 0.253 e. The minimum Gasteiger partial charge on any atom is -0.338 e. The minimum atomic E-state index is -0.386. The van der Waals surface area contributed by atoms with Crippen LogP contribution in [-0.2, 0) is 13.0 Å². The van der Waals surface area contributed by atoms with E-state index in [4.69, 9.17) is 4.98 Å². The molecule has 2 aromatic rings. The van der Waals surface area contributed by atoms with Gasteiger partial charge in [-0.05, 0) is 24.6 Å². The fraction of sp³-hybridized carbons (Fsp3) is 0.389. The quantitative estimate of drug-likeness (QED) is 0.916. The van der Waals surface area contributed by atoms with Crippen LogP contribution in [0, 0.1) is 5.82 Å². The van der Waals surface area contributed by atoms with Gasteiger partial charge < -0.3 is 10.2 Å². The van der Waals surface area contributed by atoms with Gasteiger partial charge in [0.15, 0.2) is 0 Å². The molecule has 0 saturated carbocycles. The van der Waals surface area contributed by atoms with Crippen LogP contribution in [0.15, 0.2) is 30.5 Å². The summed E-state index contributed by atoms with van der Waals surface area (Å²) < 4.78 is 13.3. The molecule has 3 heterocycles. The molecule has 1 aromatic heterocycles. The Labute approximate surface area is 139 Å². The molecule has 0 unspecified atom stereocenters. The number of hydrogen-bond acceptors (Lipinski definition) is 4. The van der Waals surface area contributed by atoms with Crippen molar-refractivity contribution in [3.63, 3.8) is 0 Å². The number of fused-ring (bicyclic) bond motifs is 1. The predicted molar refractivity (Wildman–Crippen MR) is 87.1 cm³/mol. The molecule has 0 bridgehead atoms. The van der Waals surface area contributed by atoms with E-state index in [2.05, 4.69) is 10.3 Å². The van der Waals surface area contributed by atoms with Crippen LogP contribution in [0.1, 0.15) is 39.8 Å². The van der Waals surface area contributed by atoms with Crippen LogP contribution >= 0.6 is 0 Å². The number of halogens is 1. The van der Waals surface area contributed by atoms with E-state index in [1.807, 2.05) is 6.20 Å². The zero-order valence-electron chi connectivity index (χ0n) is 13.3. The Morgan fingerprint density at radius 1 is 1.38 bits per heavy atom. The number of rotatable bonds is 2. The van der Waals surface area contributed by atoms with Crippen LogP contribution < -0.4 is 5.32 Å². The molecule has 0 radical (unpaired) electrons. The lowest BCUT2D eigenvalue weighted by Crippen LogP contribution is -2.29. The van der Waals surface area contributed by atoms with Gasteiger partial charge in [-0.15, -0.1) is 0 Å². The third-order valence-electron chi connectivity index (χ3n) is 4.74. The van der Waals surface area contributed by atoms with Gasteiger partial charge in [-0.3, -0.25) is 4.79 Å². The number of aromatic nitrogens is 2. The summed E-state index contributed by atoms with van der Waals surface area (Å²) in [4.78, 5) is 23.5. The van der Waals surface area contributed by atoms with Crippen molar-refractivity contribution in [1.29, 1.82) is 0 Å². The van der Waals surface area contributed by atoms with Crippen molar-refractivity contribution in [2.24, 2.45) is 0 Å². The van der Waals surface area contributed by atoms with E-state index < -0.39 is 0 Å². The summed E-state index contributed by atoms with van der Waals surface area (Å²) in [6.07, 6.45) is 3.67. The molecule has 0 spiro atoms. The standard InChI is InChI=1S/C18H19FN4O/c19-15-3-1-2-12(8-15)18(24)23-7-5-13(11-23)17-21-10-14-9-20-6-4-16(14)22-17/h1-3,8,10,13,20H,4-7,9,11H2/t13-/m1/s1. The fourth-order valence-corrected chi connectivity index (χ4v) is 3.41. The SMILES string of the molecule is O=C(c1cccc(F)c1)N1CC[C@@H](c2ncc3c(n2)CCNC3)C1. The van der Waals surface area contributed by atoms with E-state index in [1.165, 1.54) is 12.1 Å². The third-order valence-corrected chi connectivity index (χ3v) is 4.74. The van der Waals surface area contributed by atoms with Crippen molar-refractivity contribution in [2.75, 3.05) is 19.6 Å². The maximum atomic E-state index is 13.3. The Kier molecular flexibility index (Phi) is 3.98. The average molecular weight is 326 g/mol. The Bertz CT molecular complexity index is 779. The van der Waals surface area contributed by atoms with Gasteiger partial charge in [-0.25, -0.2) is 14.4 Å². The van der Waals surface area contributed by atoms with Crippen LogP contribution in [0.25, 0.3) is 0 Å². The van der Waals surface area contributed by atoms with E-state index in [-0.39, 0.29) is 17.6 Å². The summed E-state index contributed by atoms with van der Waals surface area (Å²) in [5.74, 6) is 0.468. The minimum absolute atomic E-state index is 0.126. The van der Waals surface area contributed by atoms with Crippen LogP contribution in [0.4, 0.5) is 4.39 Å². The Balaban J connectivity index is 1.49. The van der Waals surface area contributed by atoms with Crippen molar-refractivity contribution in [3.05, 3.63) is 58.9 Å². The average Bonchev–Trinajstić information content (AvgIpc) is 3.11. The summed E-state index contributed by atoms with van der Waals surface area (Å²) in [6.45, 7) is 3.01. The molecular formula is C18H19FN4O. The Morgan fingerprint density at radius 2 is 2.29 bits per heavy atom. The number of nitrogens with zero attached hydrogens (tertiary/aromatic N) is 3. The lowest BCUT2D eigenvalue weighted by molar-refractivity contribution is 0.0790. The van der Waals surface area contributed by atoms with Gasteiger partial charge in [0, 0.05) is 61.5 Å². The maximum absolute atomic E-state index is 13.3. The molecule has 124 valence electrons. The molecule has 1 atom stereocenters. The highest BCUT2D eigenvalue weighted by molar-refractivity contribution is 5.94. The van der Waals surface area contributed by atoms with Gasteiger partial charge in [0.05, 0.1) is 0 Å². The second kappa shape index (κ2) is 6.28. The lowest BCUT2D eigenvalue weighted by Gasteiger charge is -2.19. The Morgan fingerprint density at radius 3 is 3.17 bits per heavy atom. The molecule has 1 aromatic carbocycles. The highest BCUT2D eigenvalue weighted by atomic mass is 19.1. The van der Waals surface area contributed by atoms with E-state index >= 15 is 0 Å². The molecule has 1 fully saturated rings. The summed E-state index contributed by atoms with van der Waals surface area (Å²) in [5.41, 5.74) is 2.68. The van der Waals surface area contributed by atoms with Gasteiger partial charge in [-0.1, -0.05) is 6.07 Å². The molecule has 2 aliphatic heterocycles. The highest BCUT2D eigenvalue weighted by Crippen LogP contribution is 2.27. The smallest absolute Gasteiger partial charge is 0.253 e. The summed E-state index contributed by atoms with van der Waals surface area (Å²) in [5, 5.41) is 3.31. The second-order valence-electron chi connectivity index (χ2n) is 6.37. The fourth-order valence-electron chi connectivity index (χ4n) is 3.41. The van der Waals surface area contributed by atoms with Crippen LogP contribution in [0.5, 0.6) is 0 Å². The highest BCUT2D eigenvalue weighted by Gasteiger charge is 2.30. The normalized spacial score (nSPS) is 20.0. The number of benzene rings is 1. The van der Waals surface area contributed by atoms with Crippen LogP contribution in [0.3, 0.4) is 0 Å². The molecule has 4 rings (SSSR count). The molecule has 5 nitrogen and oxygen atoms in total. The molecule has 2 aliphatic rings. The van der Waals surface area contributed by atoms with Gasteiger partial charge in [0.2, 0.25) is 0 Å². The van der Waals surface area contributed by atoms with Crippen molar-refractivity contribution in [1.82, 2.24) is 20.2 Å². The van der Waals surface area contributed by atoms with Crippen molar-refractivity contribution in [2.45, 2.75) is 25.3 Å². The molecule has 1 saturated heterocycles. The molecule has 6 heteroatoms. The van der Waals surface area contributed by atoms with E-state index in [0.29, 0.717) is 18.7 Å². The van der Waals surface area contributed by atoms with Crippen molar-refractivity contribution < 1.29 is 9.18 Å². The van der Waals surface area contributed by atoms with E-state index in [9.17, 15) is 9.18 Å². The summed E-state index contributed by atoms with van der Waals surface area (Å²) in [6, 6.07) is 5.86. The third kappa shape index (κ3) is 2.89. The van der Waals surface area contributed by atoms with E-state index in [1.54, 1.807) is 17.0 Å². The molecule has 0 aliphatic carbocycles. The largest absolute Gasteiger partial charge is 0.338 e. The van der Waals surface area contributed by atoms with Gasteiger partial charge in [0.1, 0.15) is 11.6 Å². The zero-order valence-corrected chi connectivity index (χ0v) is 13.3. The summed E-state index contributed by atoms with van der Waals surface area (Å²) in [7, 11) is 0. The summed E-state index contributed by atoms with van der Waals surface area (Å²) >= 11 is 0. The Hall–Kier alpha value is -2.34. The monoisotopic (exact) mass is 326 g/mol. The first kappa shape index (κ1) is 15.2. The van der Waals surface area contributed by atoms with Crippen LogP contribution in [0.2, 0.25) is 0 Å². The van der Waals surface area contributed by atoms with Gasteiger partial charge in [-0.2, -0.15) is 0 Å². The number of carbonyl (C=O) groups is 1.